The summed E-state index contributed by atoms with van der Waals surface area (Å²) in [6.45, 7) is 2.09. The number of aromatic nitrogens is 2. The van der Waals surface area contributed by atoms with Gasteiger partial charge in [0, 0.05) is 22.6 Å². The second-order valence-corrected chi connectivity index (χ2v) is 6.26. The first-order valence-electron chi connectivity index (χ1n) is 7.89. The third-order valence-electron chi connectivity index (χ3n) is 3.65. The van der Waals surface area contributed by atoms with Gasteiger partial charge in [-0.25, -0.2) is 9.97 Å². The Kier molecular flexibility index (Phi) is 5.40. The molecule has 0 aliphatic carbocycles. The molecule has 0 saturated carbocycles. The molecule has 2 N–H and O–H groups in total. The van der Waals surface area contributed by atoms with Crippen molar-refractivity contribution in [2.24, 2.45) is 0 Å². The minimum atomic E-state index is -0.239. The lowest BCUT2D eigenvalue weighted by atomic mass is 10.1. The highest BCUT2D eigenvalue weighted by atomic mass is 79.9. The molecule has 25 heavy (non-hydrogen) atoms. The average molecular weight is 397 g/mol. The lowest BCUT2D eigenvalue weighted by Crippen LogP contribution is -2.13. The molecule has 2 aromatic carbocycles. The summed E-state index contributed by atoms with van der Waals surface area (Å²) in [6.07, 6.45) is 3.97. The monoisotopic (exact) mass is 396 g/mol. The summed E-state index contributed by atoms with van der Waals surface area (Å²) < 4.78 is 0.913. The van der Waals surface area contributed by atoms with Gasteiger partial charge in [0.25, 0.3) is 5.91 Å². The number of hydrogen-bond donors (Lipinski definition) is 2. The number of rotatable bonds is 5. The maximum atomic E-state index is 12.3. The van der Waals surface area contributed by atoms with Gasteiger partial charge in [0.15, 0.2) is 0 Å². The molecule has 1 aromatic heterocycles. The van der Waals surface area contributed by atoms with Crippen LogP contribution in [0.25, 0.3) is 0 Å². The molecule has 0 saturated heterocycles. The van der Waals surface area contributed by atoms with Gasteiger partial charge in [-0.3, -0.25) is 4.79 Å². The third kappa shape index (κ3) is 4.42. The molecule has 6 heteroatoms. The molecule has 0 bridgehead atoms. The molecule has 0 unspecified atom stereocenters. The van der Waals surface area contributed by atoms with Crippen LogP contribution < -0.4 is 10.6 Å². The number of para-hydroxylation sites is 1. The van der Waals surface area contributed by atoms with Crippen molar-refractivity contribution >= 4 is 39.2 Å². The van der Waals surface area contributed by atoms with Crippen molar-refractivity contribution in [3.63, 3.8) is 0 Å². The number of nitrogens with one attached hydrogen (secondary N) is 2. The summed E-state index contributed by atoms with van der Waals surface area (Å²) in [5.41, 5.74) is 3.23. The van der Waals surface area contributed by atoms with E-state index in [-0.39, 0.29) is 5.91 Å². The van der Waals surface area contributed by atoms with Crippen LogP contribution in [0.2, 0.25) is 0 Å². The Balaban J connectivity index is 1.66. The van der Waals surface area contributed by atoms with E-state index in [1.807, 2.05) is 48.5 Å². The van der Waals surface area contributed by atoms with Gasteiger partial charge in [-0.2, -0.15) is 0 Å². The maximum Gasteiger partial charge on any atom is 0.258 e. The van der Waals surface area contributed by atoms with Gasteiger partial charge in [0.05, 0.1) is 11.3 Å². The lowest BCUT2D eigenvalue weighted by molar-refractivity contribution is 0.102. The third-order valence-corrected chi connectivity index (χ3v) is 4.35. The molecule has 0 atom stereocenters. The second-order valence-electron chi connectivity index (χ2n) is 5.40. The Morgan fingerprint density at radius 3 is 2.36 bits per heavy atom. The molecule has 3 aromatic rings. The van der Waals surface area contributed by atoms with Crippen LogP contribution in [0.5, 0.6) is 0 Å². The van der Waals surface area contributed by atoms with Crippen LogP contribution in [0, 0.1) is 0 Å². The van der Waals surface area contributed by atoms with Gasteiger partial charge < -0.3 is 10.6 Å². The Morgan fingerprint density at radius 1 is 1.04 bits per heavy atom. The Bertz CT molecular complexity index is 863. The molecule has 0 aliphatic rings. The van der Waals surface area contributed by atoms with Gasteiger partial charge in [0.2, 0.25) is 5.95 Å². The van der Waals surface area contributed by atoms with Gasteiger partial charge in [-0.15, -0.1) is 0 Å². The standard InChI is InChI=1S/C19H17BrN4O/c1-2-13-7-9-15(10-8-13)23-18(25)14-11-21-19(22-12-14)24-17-6-4-3-5-16(17)20/h3-12H,2H2,1H3,(H,23,25)(H,21,22,24). The maximum absolute atomic E-state index is 12.3. The first-order valence-corrected chi connectivity index (χ1v) is 8.69. The number of amides is 1. The van der Waals surface area contributed by atoms with Crippen molar-refractivity contribution in [1.82, 2.24) is 9.97 Å². The number of halogens is 1. The van der Waals surface area contributed by atoms with E-state index in [1.54, 1.807) is 0 Å². The van der Waals surface area contributed by atoms with Crippen molar-refractivity contribution in [3.8, 4) is 0 Å². The van der Waals surface area contributed by atoms with Crippen molar-refractivity contribution in [2.45, 2.75) is 13.3 Å². The van der Waals surface area contributed by atoms with Crippen LogP contribution in [0.3, 0.4) is 0 Å². The van der Waals surface area contributed by atoms with Crippen molar-refractivity contribution in [3.05, 3.63) is 76.5 Å². The van der Waals surface area contributed by atoms with E-state index >= 15 is 0 Å². The highest BCUT2D eigenvalue weighted by Gasteiger charge is 2.08. The highest BCUT2D eigenvalue weighted by molar-refractivity contribution is 9.10. The number of anilines is 3. The molecular weight excluding hydrogens is 380 g/mol. The van der Waals surface area contributed by atoms with Gasteiger partial charge in [-0.05, 0) is 52.2 Å². The minimum absolute atomic E-state index is 0.239. The summed E-state index contributed by atoms with van der Waals surface area (Å²) in [6, 6.07) is 15.5. The summed E-state index contributed by atoms with van der Waals surface area (Å²) in [7, 11) is 0. The molecule has 5 nitrogen and oxygen atoms in total. The van der Waals surface area contributed by atoms with Crippen LogP contribution in [0.15, 0.2) is 65.4 Å². The number of benzene rings is 2. The van der Waals surface area contributed by atoms with Gasteiger partial charge in [-0.1, -0.05) is 31.2 Å². The van der Waals surface area contributed by atoms with Crippen molar-refractivity contribution in [2.75, 3.05) is 10.6 Å². The summed E-state index contributed by atoms with van der Waals surface area (Å²) in [5.74, 6) is 0.187. The molecule has 1 amide bonds. The van der Waals surface area contributed by atoms with Crippen LogP contribution in [0.1, 0.15) is 22.8 Å². The van der Waals surface area contributed by atoms with E-state index in [9.17, 15) is 4.79 Å². The quantitative estimate of drug-likeness (QED) is 0.649. The molecule has 3 rings (SSSR count). The first-order chi connectivity index (χ1) is 12.2. The summed E-state index contributed by atoms with van der Waals surface area (Å²) in [5, 5.41) is 5.94. The molecule has 0 spiro atoms. The smallest absolute Gasteiger partial charge is 0.258 e. The number of carbonyl (C=O) groups excluding carboxylic acids is 1. The van der Waals surface area contributed by atoms with Crippen molar-refractivity contribution < 1.29 is 4.79 Å². The van der Waals surface area contributed by atoms with Crippen LogP contribution >= 0.6 is 15.9 Å². The predicted molar refractivity (Wildman–Crippen MR) is 103 cm³/mol. The average Bonchev–Trinajstić information content (AvgIpc) is 2.65. The summed E-state index contributed by atoms with van der Waals surface area (Å²) >= 11 is 3.46. The Hall–Kier alpha value is -2.73. The fourth-order valence-electron chi connectivity index (χ4n) is 2.22. The first kappa shape index (κ1) is 17.1. The van der Waals surface area contributed by atoms with E-state index in [0.717, 1.165) is 22.3 Å². The number of hydrogen-bond acceptors (Lipinski definition) is 4. The zero-order chi connectivity index (χ0) is 17.6. The van der Waals surface area contributed by atoms with E-state index in [1.165, 1.54) is 18.0 Å². The molecule has 0 radical (unpaired) electrons. The lowest BCUT2D eigenvalue weighted by Gasteiger charge is -2.08. The predicted octanol–water partition coefficient (Wildman–Crippen LogP) is 4.80. The van der Waals surface area contributed by atoms with Crippen LogP contribution in [-0.4, -0.2) is 15.9 Å². The fourth-order valence-corrected chi connectivity index (χ4v) is 2.60. The molecule has 0 aliphatic heterocycles. The summed E-state index contributed by atoms with van der Waals surface area (Å²) in [4.78, 5) is 20.7. The topological polar surface area (TPSA) is 66.9 Å². The molecule has 126 valence electrons. The number of nitrogens with zero attached hydrogens (tertiary/aromatic N) is 2. The number of carbonyl (C=O) groups is 1. The molecule has 1 heterocycles. The zero-order valence-corrected chi connectivity index (χ0v) is 15.2. The van der Waals surface area contributed by atoms with Crippen LogP contribution in [0.4, 0.5) is 17.3 Å². The second kappa shape index (κ2) is 7.90. The normalized spacial score (nSPS) is 10.3. The van der Waals surface area contributed by atoms with E-state index in [2.05, 4.69) is 43.5 Å². The molecule has 0 fully saturated rings. The number of aryl methyl sites for hydroxylation is 1. The van der Waals surface area contributed by atoms with E-state index in [0.29, 0.717) is 11.5 Å². The van der Waals surface area contributed by atoms with E-state index in [4.69, 9.17) is 0 Å². The fraction of sp³-hybridized carbons (Fsp3) is 0.105. The van der Waals surface area contributed by atoms with Gasteiger partial charge >= 0.3 is 0 Å². The van der Waals surface area contributed by atoms with Gasteiger partial charge in [0.1, 0.15) is 0 Å². The molecular formula is C19H17BrN4O. The zero-order valence-electron chi connectivity index (χ0n) is 13.7. The van der Waals surface area contributed by atoms with Crippen LogP contribution in [-0.2, 0) is 6.42 Å². The minimum Gasteiger partial charge on any atom is -0.323 e. The Labute approximate surface area is 154 Å². The largest absolute Gasteiger partial charge is 0.323 e. The SMILES string of the molecule is CCc1ccc(NC(=O)c2cnc(Nc3ccccc3Br)nc2)cc1. The highest BCUT2D eigenvalue weighted by Crippen LogP contribution is 2.23. The van der Waals surface area contributed by atoms with Crippen molar-refractivity contribution in [1.29, 1.82) is 0 Å². The van der Waals surface area contributed by atoms with E-state index < -0.39 is 0 Å². The Morgan fingerprint density at radius 2 is 1.72 bits per heavy atom.